The highest BCUT2D eigenvalue weighted by Crippen LogP contribution is 2.11. The average Bonchev–Trinajstić information content (AvgIpc) is 2.79. The number of halogens is 1. The lowest BCUT2D eigenvalue weighted by molar-refractivity contribution is 0.554. The fraction of sp³-hybridized carbons (Fsp3) is 0.364. The summed E-state index contributed by atoms with van der Waals surface area (Å²) in [5.74, 6) is 0.696. The highest BCUT2D eigenvalue weighted by Gasteiger charge is 2.03. The Hall–Kier alpha value is -1.42. The Labute approximate surface area is 99.3 Å². The summed E-state index contributed by atoms with van der Waals surface area (Å²) >= 11 is 5.61. The zero-order valence-corrected chi connectivity index (χ0v) is 9.64. The Morgan fingerprint density at radius 3 is 2.88 bits per heavy atom. The molecule has 0 aliphatic heterocycles. The number of aryl methyl sites for hydroxylation is 1. The summed E-state index contributed by atoms with van der Waals surface area (Å²) in [6.07, 6.45) is 5.69. The summed E-state index contributed by atoms with van der Waals surface area (Å²) < 4.78 is 1.83. The first-order chi connectivity index (χ1) is 7.90. The highest BCUT2D eigenvalue weighted by molar-refractivity contribution is 6.17. The van der Waals surface area contributed by atoms with E-state index in [1.165, 1.54) is 0 Å². The van der Waals surface area contributed by atoms with Gasteiger partial charge in [0.05, 0.1) is 11.9 Å². The standard InChI is InChI=1S/C11H13ClN4/c12-6-2-4-8-16-9-11(14-15-16)10-5-1-3-7-13-10/h1,3,5,7,9H,2,4,6,8H2. The maximum absolute atomic E-state index is 5.61. The minimum Gasteiger partial charge on any atom is -0.254 e. The Balaban J connectivity index is 2.02. The number of hydrogen-bond donors (Lipinski definition) is 0. The number of rotatable bonds is 5. The average molecular weight is 237 g/mol. The zero-order valence-electron chi connectivity index (χ0n) is 8.88. The van der Waals surface area contributed by atoms with E-state index in [4.69, 9.17) is 11.6 Å². The van der Waals surface area contributed by atoms with Crippen molar-refractivity contribution in [1.82, 2.24) is 20.0 Å². The highest BCUT2D eigenvalue weighted by atomic mass is 35.5. The maximum atomic E-state index is 5.61. The molecule has 0 amide bonds. The Kier molecular flexibility index (Phi) is 3.88. The monoisotopic (exact) mass is 236 g/mol. The Morgan fingerprint density at radius 1 is 1.19 bits per heavy atom. The summed E-state index contributed by atoms with van der Waals surface area (Å²) in [5.41, 5.74) is 1.66. The lowest BCUT2D eigenvalue weighted by Gasteiger charge is -1.96. The first-order valence-corrected chi connectivity index (χ1v) is 5.81. The minimum absolute atomic E-state index is 0.696. The molecule has 0 bridgehead atoms. The lowest BCUT2D eigenvalue weighted by atomic mass is 10.3. The number of hydrogen-bond acceptors (Lipinski definition) is 3. The lowest BCUT2D eigenvalue weighted by Crippen LogP contribution is -1.98. The molecule has 2 heterocycles. The number of alkyl halides is 1. The van der Waals surface area contributed by atoms with Gasteiger partial charge < -0.3 is 0 Å². The molecular weight excluding hydrogens is 224 g/mol. The first kappa shape index (κ1) is 11.1. The number of aromatic nitrogens is 4. The van der Waals surface area contributed by atoms with Crippen LogP contribution in [0.25, 0.3) is 11.4 Å². The molecule has 0 aliphatic carbocycles. The smallest absolute Gasteiger partial charge is 0.131 e. The topological polar surface area (TPSA) is 43.6 Å². The molecule has 0 aliphatic rings. The number of pyridine rings is 1. The molecule has 0 saturated heterocycles. The molecule has 0 unspecified atom stereocenters. The second kappa shape index (κ2) is 5.61. The van der Waals surface area contributed by atoms with Crippen LogP contribution in [0, 0.1) is 0 Å². The van der Waals surface area contributed by atoms with Gasteiger partial charge in [0.1, 0.15) is 5.69 Å². The van der Waals surface area contributed by atoms with Crippen molar-refractivity contribution in [3.63, 3.8) is 0 Å². The molecular formula is C11H13ClN4. The van der Waals surface area contributed by atoms with E-state index in [2.05, 4.69) is 15.3 Å². The zero-order chi connectivity index (χ0) is 11.2. The van der Waals surface area contributed by atoms with Gasteiger partial charge in [-0.1, -0.05) is 11.3 Å². The molecule has 2 aromatic rings. The number of nitrogens with zero attached hydrogens (tertiary/aromatic N) is 4. The van der Waals surface area contributed by atoms with E-state index < -0.39 is 0 Å². The second-order valence-electron chi connectivity index (χ2n) is 3.48. The summed E-state index contributed by atoms with van der Waals surface area (Å²) in [7, 11) is 0. The van der Waals surface area contributed by atoms with Crippen LogP contribution in [0.3, 0.4) is 0 Å². The van der Waals surface area contributed by atoms with Crippen LogP contribution >= 0.6 is 11.6 Å². The van der Waals surface area contributed by atoms with Crippen LogP contribution in [0.2, 0.25) is 0 Å². The molecule has 5 heteroatoms. The molecule has 2 rings (SSSR count). The van der Waals surface area contributed by atoms with Crippen molar-refractivity contribution in [3.05, 3.63) is 30.6 Å². The normalized spacial score (nSPS) is 10.6. The van der Waals surface area contributed by atoms with Gasteiger partial charge in [0, 0.05) is 18.6 Å². The van der Waals surface area contributed by atoms with E-state index >= 15 is 0 Å². The molecule has 0 saturated carbocycles. The largest absolute Gasteiger partial charge is 0.254 e. The third-order valence-corrected chi connectivity index (χ3v) is 2.50. The van der Waals surface area contributed by atoms with Gasteiger partial charge in [0.15, 0.2) is 0 Å². The fourth-order valence-corrected chi connectivity index (χ4v) is 1.60. The van der Waals surface area contributed by atoms with Gasteiger partial charge in [-0.2, -0.15) is 0 Å². The van der Waals surface area contributed by atoms with Crippen molar-refractivity contribution in [2.24, 2.45) is 0 Å². The molecule has 0 N–H and O–H groups in total. The fourth-order valence-electron chi connectivity index (χ4n) is 1.41. The van der Waals surface area contributed by atoms with Gasteiger partial charge >= 0.3 is 0 Å². The van der Waals surface area contributed by atoms with Gasteiger partial charge in [-0.25, -0.2) is 0 Å². The van der Waals surface area contributed by atoms with E-state index in [-0.39, 0.29) is 0 Å². The predicted molar refractivity (Wildman–Crippen MR) is 63.2 cm³/mol. The number of unbranched alkanes of at least 4 members (excludes halogenated alkanes) is 1. The van der Waals surface area contributed by atoms with Crippen LogP contribution < -0.4 is 0 Å². The Bertz CT molecular complexity index is 427. The van der Waals surface area contributed by atoms with E-state index in [9.17, 15) is 0 Å². The molecule has 0 radical (unpaired) electrons. The van der Waals surface area contributed by atoms with Crippen molar-refractivity contribution in [2.45, 2.75) is 19.4 Å². The van der Waals surface area contributed by atoms with Crippen LogP contribution in [-0.2, 0) is 6.54 Å². The van der Waals surface area contributed by atoms with Gasteiger partial charge in [-0.3, -0.25) is 9.67 Å². The SMILES string of the molecule is ClCCCCn1cc(-c2ccccn2)nn1. The van der Waals surface area contributed by atoms with Crippen molar-refractivity contribution >= 4 is 11.6 Å². The van der Waals surface area contributed by atoms with E-state index in [0.29, 0.717) is 5.88 Å². The quantitative estimate of drug-likeness (QED) is 0.591. The van der Waals surface area contributed by atoms with Gasteiger partial charge in [-0.15, -0.1) is 16.7 Å². The van der Waals surface area contributed by atoms with Gasteiger partial charge in [0.2, 0.25) is 0 Å². The molecule has 0 spiro atoms. The van der Waals surface area contributed by atoms with Crippen LogP contribution in [0.1, 0.15) is 12.8 Å². The maximum Gasteiger partial charge on any atom is 0.131 e. The van der Waals surface area contributed by atoms with Gasteiger partial charge in [-0.05, 0) is 25.0 Å². The Morgan fingerprint density at radius 2 is 2.12 bits per heavy atom. The van der Waals surface area contributed by atoms with Crippen LogP contribution in [-0.4, -0.2) is 25.9 Å². The summed E-state index contributed by atoms with van der Waals surface area (Å²) in [5, 5.41) is 8.13. The molecule has 2 aromatic heterocycles. The molecule has 4 nitrogen and oxygen atoms in total. The predicted octanol–water partition coefficient (Wildman–Crippen LogP) is 2.36. The van der Waals surface area contributed by atoms with E-state index in [0.717, 1.165) is 30.8 Å². The van der Waals surface area contributed by atoms with E-state index in [1.54, 1.807) is 6.20 Å². The summed E-state index contributed by atoms with van der Waals surface area (Å²) in [4.78, 5) is 4.22. The van der Waals surface area contributed by atoms with Crippen molar-refractivity contribution in [3.8, 4) is 11.4 Å². The third kappa shape index (κ3) is 2.79. The van der Waals surface area contributed by atoms with Gasteiger partial charge in [0.25, 0.3) is 0 Å². The van der Waals surface area contributed by atoms with Crippen molar-refractivity contribution in [2.75, 3.05) is 5.88 Å². The molecule has 0 fully saturated rings. The van der Waals surface area contributed by atoms with Crippen molar-refractivity contribution in [1.29, 1.82) is 0 Å². The molecule has 0 aromatic carbocycles. The van der Waals surface area contributed by atoms with Crippen LogP contribution in [0.4, 0.5) is 0 Å². The molecule has 0 atom stereocenters. The minimum atomic E-state index is 0.696. The van der Waals surface area contributed by atoms with Crippen LogP contribution in [0.15, 0.2) is 30.6 Å². The molecule has 84 valence electrons. The summed E-state index contributed by atoms with van der Waals surface area (Å²) in [6, 6.07) is 5.75. The van der Waals surface area contributed by atoms with Crippen molar-refractivity contribution < 1.29 is 0 Å². The third-order valence-electron chi connectivity index (χ3n) is 2.24. The first-order valence-electron chi connectivity index (χ1n) is 5.27. The van der Waals surface area contributed by atoms with Crippen LogP contribution in [0.5, 0.6) is 0 Å². The molecule has 16 heavy (non-hydrogen) atoms. The summed E-state index contributed by atoms with van der Waals surface area (Å²) in [6.45, 7) is 0.854. The van der Waals surface area contributed by atoms with E-state index in [1.807, 2.05) is 29.1 Å². The second-order valence-corrected chi connectivity index (χ2v) is 3.86.